The van der Waals surface area contributed by atoms with E-state index < -0.39 is 0 Å². The molecule has 0 spiro atoms. The first-order chi connectivity index (χ1) is 14.5. The molecule has 1 saturated heterocycles. The minimum absolute atomic E-state index is 0.0629. The highest BCUT2D eigenvalue weighted by Gasteiger charge is 2.38. The molecule has 1 aromatic carbocycles. The first-order valence-electron chi connectivity index (χ1n) is 10.1. The van der Waals surface area contributed by atoms with Gasteiger partial charge < -0.3 is 21.8 Å². The zero-order valence-electron chi connectivity index (χ0n) is 19.3. The molecule has 9 heteroatoms. The molecule has 6 N–H and O–H groups in total. The first-order valence-corrected chi connectivity index (χ1v) is 11.3. The summed E-state index contributed by atoms with van der Waals surface area (Å²) in [6.07, 6.45) is 3.83. The molecule has 1 aliphatic rings. The number of nitrogen functional groups attached to an aromatic ring is 1. The molecule has 0 unspecified atom stereocenters. The Kier molecular flexibility index (Phi) is 10.2. The summed E-state index contributed by atoms with van der Waals surface area (Å²) in [5.74, 6) is 0.463. The lowest BCUT2D eigenvalue weighted by molar-refractivity contribution is 0.189. The molecule has 0 aliphatic carbocycles. The smallest absolute Gasteiger partial charge is 0.145 e. The molecule has 2 heterocycles. The summed E-state index contributed by atoms with van der Waals surface area (Å²) in [7, 11) is 3.75. The summed E-state index contributed by atoms with van der Waals surface area (Å²) in [6, 6.07) is 7.37. The van der Waals surface area contributed by atoms with E-state index in [1.165, 1.54) is 0 Å². The van der Waals surface area contributed by atoms with Crippen molar-refractivity contribution in [1.29, 1.82) is 10.8 Å². The van der Waals surface area contributed by atoms with E-state index in [0.717, 1.165) is 24.1 Å². The Labute approximate surface area is 195 Å². The van der Waals surface area contributed by atoms with Crippen LogP contribution in [0.2, 0.25) is 5.02 Å². The van der Waals surface area contributed by atoms with Crippen molar-refractivity contribution in [3.8, 4) is 5.69 Å². The van der Waals surface area contributed by atoms with Crippen LogP contribution < -0.4 is 16.4 Å². The van der Waals surface area contributed by atoms with Gasteiger partial charge in [-0.3, -0.25) is 5.41 Å². The highest BCUT2D eigenvalue weighted by molar-refractivity contribution is 8.14. The Bertz CT molecular complexity index is 847. The molecule has 31 heavy (non-hydrogen) atoms. The lowest BCUT2D eigenvalue weighted by Crippen LogP contribution is -2.58. The van der Waals surface area contributed by atoms with Gasteiger partial charge in [-0.05, 0) is 79.5 Å². The molecule has 7 nitrogen and oxygen atoms in total. The number of nitrogens with zero attached hydrogens (tertiary/aromatic N) is 2. The lowest BCUT2D eigenvalue weighted by Gasteiger charge is -2.46. The van der Waals surface area contributed by atoms with Gasteiger partial charge in [0.2, 0.25) is 0 Å². The summed E-state index contributed by atoms with van der Waals surface area (Å²) in [5.41, 5.74) is 7.39. The third-order valence-electron chi connectivity index (χ3n) is 4.51. The first kappa shape index (κ1) is 27.2. The molecule has 1 aromatic heterocycles. The molecule has 0 saturated carbocycles. The molecule has 1 aliphatic heterocycles. The fourth-order valence-corrected chi connectivity index (χ4v) is 5.82. The largest absolute Gasteiger partial charge is 0.382 e. The summed E-state index contributed by atoms with van der Waals surface area (Å²) in [6.45, 7) is 11.4. The van der Waals surface area contributed by atoms with Gasteiger partial charge in [0.15, 0.2) is 0 Å². The van der Waals surface area contributed by atoms with E-state index >= 15 is 0 Å². The second-order valence-corrected chi connectivity index (χ2v) is 10.4. The third kappa shape index (κ3) is 8.29. The van der Waals surface area contributed by atoms with E-state index in [1.54, 1.807) is 28.7 Å². The van der Waals surface area contributed by atoms with Gasteiger partial charge >= 0.3 is 0 Å². The van der Waals surface area contributed by atoms with Crippen LogP contribution in [0.25, 0.3) is 5.69 Å². The molecule has 0 bridgehead atoms. The van der Waals surface area contributed by atoms with E-state index in [2.05, 4.69) is 50.1 Å². The van der Waals surface area contributed by atoms with Gasteiger partial charge in [0.25, 0.3) is 0 Å². The van der Waals surface area contributed by atoms with E-state index in [-0.39, 0.29) is 11.1 Å². The summed E-state index contributed by atoms with van der Waals surface area (Å²) < 4.78 is 1.68. The average Bonchev–Trinajstić information content (AvgIpc) is 3.07. The molecule has 2 aromatic rings. The van der Waals surface area contributed by atoms with Crippen molar-refractivity contribution in [3.05, 3.63) is 41.0 Å². The van der Waals surface area contributed by atoms with Crippen LogP contribution in [0, 0.1) is 10.8 Å². The fraction of sp³-hybridized carbons (Fsp3) is 0.500. The van der Waals surface area contributed by atoms with Crippen LogP contribution in [0.4, 0.5) is 5.82 Å². The number of rotatable bonds is 3. The number of benzene rings is 1. The van der Waals surface area contributed by atoms with E-state index in [1.807, 2.05) is 32.3 Å². The normalized spacial score (nSPS) is 17.0. The van der Waals surface area contributed by atoms with Gasteiger partial charge in [-0.2, -0.15) is 5.10 Å². The Morgan fingerprint density at radius 3 is 2.23 bits per heavy atom. The van der Waals surface area contributed by atoms with Crippen molar-refractivity contribution < 1.29 is 0 Å². The molecule has 0 atom stereocenters. The van der Waals surface area contributed by atoms with Crippen molar-refractivity contribution in [2.45, 2.75) is 56.9 Å². The molecular formula is C22H36ClN7S. The van der Waals surface area contributed by atoms with Gasteiger partial charge in [-0.15, -0.1) is 11.8 Å². The number of hydrogen-bond donors (Lipinski definition) is 5. The SMILES string of the molecule is C=N.CC1(C)CC(SC(=N)c2ccc(-n3ccc(N)n3)cc2Cl)CC(C)(C)N1.CNC. The number of halogens is 1. The zero-order chi connectivity index (χ0) is 23.8. The van der Waals surface area contributed by atoms with Crippen LogP contribution in [0.3, 0.4) is 0 Å². The van der Waals surface area contributed by atoms with Gasteiger partial charge in [0, 0.05) is 34.2 Å². The molecule has 3 rings (SSSR count). The van der Waals surface area contributed by atoms with Crippen molar-refractivity contribution in [1.82, 2.24) is 20.4 Å². The maximum Gasteiger partial charge on any atom is 0.145 e. The molecule has 172 valence electrons. The second kappa shape index (κ2) is 11.7. The number of anilines is 1. The predicted molar refractivity (Wildman–Crippen MR) is 137 cm³/mol. The Morgan fingerprint density at radius 2 is 1.77 bits per heavy atom. The van der Waals surface area contributed by atoms with Gasteiger partial charge in [-0.1, -0.05) is 11.6 Å². The Balaban J connectivity index is 0.000000884. The quantitative estimate of drug-likeness (QED) is 0.336. The highest BCUT2D eigenvalue weighted by atomic mass is 35.5. The summed E-state index contributed by atoms with van der Waals surface area (Å²) in [4.78, 5) is 0. The lowest BCUT2D eigenvalue weighted by atomic mass is 9.82. The molecule has 0 amide bonds. The van der Waals surface area contributed by atoms with Crippen LogP contribution in [0.15, 0.2) is 30.5 Å². The summed E-state index contributed by atoms with van der Waals surface area (Å²) in [5, 5.41) is 26.1. The van der Waals surface area contributed by atoms with E-state index in [4.69, 9.17) is 28.2 Å². The number of aromatic nitrogens is 2. The molecular weight excluding hydrogens is 430 g/mol. The number of nitrogens with two attached hydrogens (primary N) is 1. The standard InChI is InChI=1S/C19H26ClN5S.C2H7N.CH3N/c1-18(2)10-13(11-19(3,4)24-18)26-17(22)14-6-5-12(9-15(14)20)25-8-7-16(21)23-25;1-3-2;1-2/h5-9,13,22,24H,10-11H2,1-4H3,(H2,21,23);3H,1-2H3;2H,1H2. The topological polar surface area (TPSA) is 116 Å². The third-order valence-corrected chi connectivity index (χ3v) is 5.94. The van der Waals surface area contributed by atoms with Gasteiger partial charge in [0.1, 0.15) is 5.82 Å². The van der Waals surface area contributed by atoms with Crippen LogP contribution in [-0.2, 0) is 0 Å². The Hall–Kier alpha value is -1.87. The molecule has 0 radical (unpaired) electrons. The van der Waals surface area contributed by atoms with E-state index in [0.29, 0.717) is 21.1 Å². The number of hydrogen-bond acceptors (Lipinski definition) is 7. The zero-order valence-corrected chi connectivity index (χ0v) is 20.9. The van der Waals surface area contributed by atoms with Crippen LogP contribution >= 0.6 is 23.4 Å². The van der Waals surface area contributed by atoms with Crippen molar-refractivity contribution in [3.63, 3.8) is 0 Å². The second-order valence-electron chi connectivity index (χ2n) is 8.72. The van der Waals surface area contributed by atoms with E-state index in [9.17, 15) is 0 Å². The van der Waals surface area contributed by atoms with Crippen molar-refractivity contribution in [2.24, 2.45) is 0 Å². The van der Waals surface area contributed by atoms with Gasteiger partial charge in [-0.25, -0.2) is 4.68 Å². The fourth-order valence-electron chi connectivity index (χ4n) is 3.85. The van der Waals surface area contributed by atoms with Crippen molar-refractivity contribution >= 4 is 40.9 Å². The summed E-state index contributed by atoms with van der Waals surface area (Å²) >= 11 is 8.09. The highest BCUT2D eigenvalue weighted by Crippen LogP contribution is 2.37. The van der Waals surface area contributed by atoms with Crippen LogP contribution in [0.1, 0.15) is 46.1 Å². The van der Waals surface area contributed by atoms with Crippen LogP contribution in [-0.4, -0.2) is 52.0 Å². The number of nitrogens with one attached hydrogen (secondary N) is 4. The predicted octanol–water partition coefficient (Wildman–Crippen LogP) is 4.58. The number of thioether (sulfide) groups is 1. The maximum atomic E-state index is 8.56. The average molecular weight is 466 g/mol. The number of piperidine rings is 1. The van der Waals surface area contributed by atoms with Gasteiger partial charge in [0.05, 0.1) is 15.8 Å². The Morgan fingerprint density at radius 1 is 1.23 bits per heavy atom. The van der Waals surface area contributed by atoms with Crippen LogP contribution in [0.5, 0.6) is 0 Å². The minimum atomic E-state index is 0.0629. The molecule has 1 fully saturated rings. The van der Waals surface area contributed by atoms with Crippen molar-refractivity contribution in [2.75, 3.05) is 19.8 Å². The monoisotopic (exact) mass is 465 g/mol. The minimum Gasteiger partial charge on any atom is -0.382 e. The maximum absolute atomic E-state index is 8.56.